The molecule has 26 heavy (non-hydrogen) atoms. The highest BCUT2D eigenvalue weighted by atomic mass is 32.2. The van der Waals surface area contributed by atoms with E-state index in [1.54, 1.807) is 17.8 Å². The van der Waals surface area contributed by atoms with Crippen LogP contribution < -0.4 is 0 Å². The minimum absolute atomic E-state index is 0.0469. The van der Waals surface area contributed by atoms with Crippen LogP contribution in [0.5, 0.6) is 0 Å². The first-order chi connectivity index (χ1) is 12.5. The van der Waals surface area contributed by atoms with Crippen LogP contribution in [0.3, 0.4) is 0 Å². The summed E-state index contributed by atoms with van der Waals surface area (Å²) in [5, 5.41) is 18.9. The van der Waals surface area contributed by atoms with Crippen molar-refractivity contribution in [2.45, 2.75) is 64.5 Å². The highest BCUT2D eigenvalue weighted by Crippen LogP contribution is 2.21. The number of hydrogen-bond acceptors (Lipinski definition) is 4. The van der Waals surface area contributed by atoms with Crippen molar-refractivity contribution < 1.29 is 19.8 Å². The molecule has 0 radical (unpaired) electrons. The van der Waals surface area contributed by atoms with Gasteiger partial charge >= 0.3 is 5.97 Å². The number of aliphatic hydroxyl groups is 1. The van der Waals surface area contributed by atoms with E-state index in [0.717, 1.165) is 24.3 Å². The Labute approximate surface area is 161 Å². The molecule has 1 amide bonds. The first-order valence-electron chi connectivity index (χ1n) is 9.36. The second-order valence-electron chi connectivity index (χ2n) is 6.57. The zero-order valence-electron chi connectivity index (χ0n) is 15.8. The number of carboxylic acids is 1. The Bertz CT molecular complexity index is 538. The van der Waals surface area contributed by atoms with Gasteiger partial charge in [0.25, 0.3) is 0 Å². The van der Waals surface area contributed by atoms with E-state index in [1.165, 1.54) is 0 Å². The van der Waals surface area contributed by atoms with Crippen LogP contribution >= 0.6 is 11.8 Å². The highest BCUT2D eigenvalue weighted by Gasteiger charge is 2.28. The molecule has 1 saturated heterocycles. The summed E-state index contributed by atoms with van der Waals surface area (Å²) >= 11 is 1.68. The van der Waals surface area contributed by atoms with Gasteiger partial charge in [-0.2, -0.15) is 11.8 Å². The summed E-state index contributed by atoms with van der Waals surface area (Å²) in [6.07, 6.45) is 6.88. The maximum Gasteiger partial charge on any atom is 0.303 e. The van der Waals surface area contributed by atoms with E-state index in [4.69, 9.17) is 5.11 Å². The van der Waals surface area contributed by atoms with Gasteiger partial charge in [-0.15, -0.1) is 11.8 Å². The first-order valence-corrected chi connectivity index (χ1v) is 10.5. The Hall–Kier alpha value is -1.45. The molecule has 0 spiro atoms. The van der Waals surface area contributed by atoms with Crippen molar-refractivity contribution in [3.8, 4) is 11.8 Å². The zero-order valence-corrected chi connectivity index (χ0v) is 16.6. The second kappa shape index (κ2) is 12.8. The monoisotopic (exact) mass is 381 g/mol. The largest absolute Gasteiger partial charge is 0.481 e. The molecule has 1 aliphatic heterocycles. The fourth-order valence-corrected chi connectivity index (χ4v) is 3.63. The van der Waals surface area contributed by atoms with Crippen LogP contribution in [0.4, 0.5) is 0 Å². The van der Waals surface area contributed by atoms with Gasteiger partial charge in [-0.3, -0.25) is 9.59 Å². The number of carbonyl (C=O) groups excluding carboxylic acids is 1. The summed E-state index contributed by atoms with van der Waals surface area (Å²) < 4.78 is 0. The van der Waals surface area contributed by atoms with Gasteiger partial charge in [0.2, 0.25) is 5.91 Å². The molecular formula is C20H31NO4S. The van der Waals surface area contributed by atoms with Gasteiger partial charge in [-0.1, -0.05) is 26.0 Å². The van der Waals surface area contributed by atoms with Gasteiger partial charge in [0.1, 0.15) is 0 Å². The number of thioether (sulfide) groups is 1. The molecule has 1 rings (SSSR count). The van der Waals surface area contributed by atoms with E-state index in [9.17, 15) is 14.7 Å². The highest BCUT2D eigenvalue weighted by molar-refractivity contribution is 7.99. The van der Waals surface area contributed by atoms with E-state index in [-0.39, 0.29) is 24.3 Å². The van der Waals surface area contributed by atoms with Crippen LogP contribution in [0.25, 0.3) is 0 Å². The van der Waals surface area contributed by atoms with Crippen molar-refractivity contribution in [1.29, 1.82) is 0 Å². The van der Waals surface area contributed by atoms with Crippen molar-refractivity contribution in [2.24, 2.45) is 5.92 Å². The number of hydrogen-bond donors (Lipinski definition) is 2. The third-order valence-electron chi connectivity index (χ3n) is 4.37. The number of likely N-dealkylation sites (tertiary alicyclic amines) is 1. The van der Waals surface area contributed by atoms with Crippen molar-refractivity contribution in [1.82, 2.24) is 4.90 Å². The Kier molecular flexibility index (Phi) is 11.1. The predicted octanol–water partition coefficient (Wildman–Crippen LogP) is 2.93. The average Bonchev–Trinajstić information content (AvgIpc) is 2.95. The Morgan fingerprint density at radius 2 is 2.19 bits per heavy atom. The van der Waals surface area contributed by atoms with Gasteiger partial charge in [0.05, 0.1) is 12.1 Å². The third-order valence-corrected chi connectivity index (χ3v) is 5.42. The summed E-state index contributed by atoms with van der Waals surface area (Å²) in [5.41, 5.74) is 0. The maximum absolute atomic E-state index is 12.1. The minimum atomic E-state index is -0.765. The van der Waals surface area contributed by atoms with Crippen molar-refractivity contribution in [2.75, 3.05) is 18.1 Å². The molecule has 1 heterocycles. The number of carboxylic acid groups (broad SMARTS) is 1. The van der Waals surface area contributed by atoms with Crippen LogP contribution in [-0.4, -0.2) is 57.2 Å². The molecule has 2 N–H and O–H groups in total. The standard InChI is InChI=1S/C20H31NO4S/c1-3-4-5-7-16(2)18(22)11-9-17-10-12-19(23)21(17)13-15-26-14-6-8-20(24)25/h9,11,16-18,22H,3,6-8,10,12-15H2,1-2H3,(H,24,25)/t16-,17?,18+/m0/s1. The summed E-state index contributed by atoms with van der Waals surface area (Å²) in [7, 11) is 0. The fraction of sp³-hybridized carbons (Fsp3) is 0.700. The zero-order chi connectivity index (χ0) is 19.4. The van der Waals surface area contributed by atoms with Gasteiger partial charge < -0.3 is 15.1 Å². The lowest BCUT2D eigenvalue weighted by Crippen LogP contribution is -2.34. The lowest BCUT2D eigenvalue weighted by molar-refractivity contribution is -0.137. The predicted molar refractivity (Wildman–Crippen MR) is 106 cm³/mol. The number of aliphatic carboxylic acids is 1. The van der Waals surface area contributed by atoms with Gasteiger partial charge in [-0.05, 0) is 24.5 Å². The van der Waals surface area contributed by atoms with E-state index in [1.807, 2.05) is 24.8 Å². The molecule has 3 atom stereocenters. The molecule has 0 aliphatic carbocycles. The van der Waals surface area contributed by atoms with E-state index in [2.05, 4.69) is 11.8 Å². The first kappa shape index (κ1) is 22.6. The smallest absolute Gasteiger partial charge is 0.303 e. The van der Waals surface area contributed by atoms with Crippen molar-refractivity contribution in [3.63, 3.8) is 0 Å². The third kappa shape index (κ3) is 8.77. The summed E-state index contributed by atoms with van der Waals surface area (Å²) in [6, 6.07) is 0.0469. The molecule has 1 aliphatic rings. The molecule has 0 aromatic heterocycles. The van der Waals surface area contributed by atoms with Crippen molar-refractivity contribution in [3.05, 3.63) is 12.2 Å². The molecular weight excluding hydrogens is 350 g/mol. The van der Waals surface area contributed by atoms with Crippen molar-refractivity contribution >= 4 is 23.6 Å². The number of aliphatic hydroxyl groups excluding tert-OH is 1. The summed E-state index contributed by atoms with van der Waals surface area (Å²) in [5.74, 6) is 7.14. The van der Waals surface area contributed by atoms with Crippen LogP contribution in [0.15, 0.2) is 12.2 Å². The topological polar surface area (TPSA) is 77.8 Å². The van der Waals surface area contributed by atoms with Crippen LogP contribution in [0, 0.1) is 17.8 Å². The molecule has 146 valence electrons. The number of rotatable bonds is 11. The molecule has 1 fully saturated rings. The molecule has 1 unspecified atom stereocenters. The van der Waals surface area contributed by atoms with Crippen LogP contribution in [-0.2, 0) is 9.59 Å². The summed E-state index contributed by atoms with van der Waals surface area (Å²) in [4.78, 5) is 24.4. The SMILES string of the molecule is CCC#CC[C@H](C)[C@H](O)C=CC1CCC(=O)N1CCSCCCC(=O)O. The van der Waals surface area contributed by atoms with Gasteiger partial charge in [-0.25, -0.2) is 0 Å². The Morgan fingerprint density at radius 1 is 1.42 bits per heavy atom. The lowest BCUT2D eigenvalue weighted by atomic mass is 10.00. The molecule has 6 heteroatoms. The minimum Gasteiger partial charge on any atom is -0.481 e. The van der Waals surface area contributed by atoms with Crippen LogP contribution in [0.1, 0.15) is 52.4 Å². The molecule has 0 saturated carbocycles. The van der Waals surface area contributed by atoms with Gasteiger partial charge in [0, 0.05) is 38.0 Å². The maximum atomic E-state index is 12.1. The van der Waals surface area contributed by atoms with E-state index >= 15 is 0 Å². The Balaban J connectivity index is 2.39. The van der Waals surface area contributed by atoms with E-state index < -0.39 is 12.1 Å². The molecule has 0 aromatic carbocycles. The van der Waals surface area contributed by atoms with E-state index in [0.29, 0.717) is 25.8 Å². The molecule has 0 aromatic rings. The summed E-state index contributed by atoms with van der Waals surface area (Å²) in [6.45, 7) is 4.65. The molecule has 0 bridgehead atoms. The quantitative estimate of drug-likeness (QED) is 0.327. The van der Waals surface area contributed by atoms with Gasteiger partial charge in [0.15, 0.2) is 0 Å². The number of nitrogens with zero attached hydrogens (tertiary/aromatic N) is 1. The number of amides is 1. The normalized spacial score (nSPS) is 19.4. The number of carbonyl (C=O) groups is 2. The average molecular weight is 382 g/mol. The lowest BCUT2D eigenvalue weighted by Gasteiger charge is -2.23. The fourth-order valence-electron chi connectivity index (χ4n) is 2.75. The second-order valence-corrected chi connectivity index (χ2v) is 7.79. The Morgan fingerprint density at radius 3 is 2.88 bits per heavy atom. The van der Waals surface area contributed by atoms with Crippen LogP contribution in [0.2, 0.25) is 0 Å². The molecule has 5 nitrogen and oxygen atoms in total.